The maximum absolute atomic E-state index is 12.9. The van der Waals surface area contributed by atoms with Gasteiger partial charge in [-0.15, -0.1) is 0 Å². The van der Waals surface area contributed by atoms with Gasteiger partial charge in [0.25, 0.3) is 5.91 Å². The summed E-state index contributed by atoms with van der Waals surface area (Å²) in [6.07, 6.45) is 1.13. The van der Waals surface area contributed by atoms with Gasteiger partial charge in [-0.3, -0.25) is 19.9 Å². The first kappa shape index (κ1) is 16.8. The fourth-order valence-electron chi connectivity index (χ4n) is 2.24. The molecule has 1 aliphatic heterocycles. The topological polar surface area (TPSA) is 78.8 Å². The Morgan fingerprint density at radius 3 is 2.32 bits per heavy atom. The zero-order valence-electron chi connectivity index (χ0n) is 12.6. The molecule has 2 aromatic rings. The number of urea groups is 1. The molecule has 126 valence electrons. The van der Waals surface area contributed by atoms with Gasteiger partial charge in [-0.25, -0.2) is 14.1 Å². The van der Waals surface area contributed by atoms with E-state index in [1.807, 2.05) is 0 Å². The number of barbiturate groups is 1. The van der Waals surface area contributed by atoms with E-state index < -0.39 is 29.6 Å². The van der Waals surface area contributed by atoms with Gasteiger partial charge in [-0.1, -0.05) is 11.6 Å². The second-order valence-corrected chi connectivity index (χ2v) is 5.61. The quantitative estimate of drug-likeness (QED) is 0.675. The fourth-order valence-corrected chi connectivity index (χ4v) is 2.37. The van der Waals surface area contributed by atoms with Crippen molar-refractivity contribution in [2.24, 2.45) is 10.9 Å². The monoisotopic (exact) mass is 359 g/mol. The molecule has 0 aromatic heterocycles. The number of amides is 4. The summed E-state index contributed by atoms with van der Waals surface area (Å²) in [5, 5.41) is 2.55. The summed E-state index contributed by atoms with van der Waals surface area (Å²) < 4.78 is 12.9. The van der Waals surface area contributed by atoms with Crippen molar-refractivity contribution in [3.8, 4) is 0 Å². The molecule has 1 N–H and O–H groups in total. The summed E-state index contributed by atoms with van der Waals surface area (Å²) in [5.74, 6) is -3.21. The lowest BCUT2D eigenvalue weighted by molar-refractivity contribution is -0.131. The number of halogens is 2. The second kappa shape index (κ2) is 6.82. The highest BCUT2D eigenvalue weighted by Crippen LogP contribution is 2.22. The summed E-state index contributed by atoms with van der Waals surface area (Å²) >= 11 is 5.80. The minimum absolute atomic E-state index is 0.277. The first-order chi connectivity index (χ1) is 12.0. The fraction of sp³-hybridized carbons (Fsp3) is 0.0588. The van der Waals surface area contributed by atoms with Crippen LogP contribution < -0.4 is 10.2 Å². The summed E-state index contributed by atoms with van der Waals surface area (Å²) in [6, 6.07) is 10.4. The molecule has 0 unspecified atom stereocenters. The van der Waals surface area contributed by atoms with E-state index in [2.05, 4.69) is 10.3 Å². The van der Waals surface area contributed by atoms with Crippen LogP contribution >= 0.6 is 11.6 Å². The Hall–Kier alpha value is -3.06. The number of nitrogens with one attached hydrogen (secondary N) is 1. The molecule has 8 heteroatoms. The Bertz CT molecular complexity index is 866. The zero-order chi connectivity index (χ0) is 18.0. The van der Waals surface area contributed by atoms with Crippen LogP contribution in [0.2, 0.25) is 5.02 Å². The van der Waals surface area contributed by atoms with Crippen LogP contribution in [0.4, 0.5) is 20.6 Å². The van der Waals surface area contributed by atoms with E-state index in [0.717, 1.165) is 11.1 Å². The standard InChI is InChI=1S/C17H11ClFN3O3/c18-10-1-7-13(8-2-10)22-16(24)14(15(23)21-17(22)25)9-20-12-5-3-11(19)4-6-12/h1-9,14H,(H,21,23,25)/t14-/m0/s1. The van der Waals surface area contributed by atoms with Gasteiger partial charge in [0.05, 0.1) is 11.4 Å². The van der Waals surface area contributed by atoms with E-state index in [-0.39, 0.29) is 5.69 Å². The Morgan fingerprint density at radius 1 is 1.04 bits per heavy atom. The number of imide groups is 2. The van der Waals surface area contributed by atoms with E-state index in [1.54, 1.807) is 0 Å². The molecule has 1 fully saturated rings. The Kier molecular flexibility index (Phi) is 4.58. The molecular weight excluding hydrogens is 349 g/mol. The lowest BCUT2D eigenvalue weighted by atomic mass is 10.1. The largest absolute Gasteiger partial charge is 0.335 e. The van der Waals surface area contributed by atoms with Crippen LogP contribution in [0, 0.1) is 11.7 Å². The maximum Gasteiger partial charge on any atom is 0.335 e. The molecule has 0 aliphatic carbocycles. The Morgan fingerprint density at radius 2 is 1.68 bits per heavy atom. The lowest BCUT2D eigenvalue weighted by Gasteiger charge is -2.28. The normalized spacial score (nSPS) is 17.9. The van der Waals surface area contributed by atoms with Crippen molar-refractivity contribution >= 4 is 47.0 Å². The van der Waals surface area contributed by atoms with Crippen molar-refractivity contribution < 1.29 is 18.8 Å². The van der Waals surface area contributed by atoms with Gasteiger partial charge >= 0.3 is 6.03 Å². The van der Waals surface area contributed by atoms with E-state index in [1.165, 1.54) is 48.5 Å². The number of aliphatic imine (C=N–C) groups is 1. The smallest absolute Gasteiger partial charge is 0.276 e. The summed E-state index contributed by atoms with van der Waals surface area (Å²) in [5.41, 5.74) is 0.650. The Labute approximate surface area is 146 Å². The van der Waals surface area contributed by atoms with Crippen molar-refractivity contribution in [2.75, 3.05) is 4.90 Å². The van der Waals surface area contributed by atoms with Crippen LogP contribution in [0.1, 0.15) is 0 Å². The summed E-state index contributed by atoms with van der Waals surface area (Å²) in [4.78, 5) is 41.4. The van der Waals surface area contributed by atoms with Gasteiger partial charge in [-0.05, 0) is 48.5 Å². The molecule has 4 amide bonds. The molecule has 6 nitrogen and oxygen atoms in total. The number of nitrogens with zero attached hydrogens (tertiary/aromatic N) is 2. The molecule has 25 heavy (non-hydrogen) atoms. The average Bonchev–Trinajstić information content (AvgIpc) is 2.57. The molecule has 3 rings (SSSR count). The number of anilines is 1. The predicted octanol–water partition coefficient (Wildman–Crippen LogP) is 3.08. The third kappa shape index (κ3) is 3.56. The number of carbonyl (C=O) groups excluding carboxylic acids is 3. The van der Waals surface area contributed by atoms with Crippen LogP contribution in [0.5, 0.6) is 0 Å². The highest BCUT2D eigenvalue weighted by Gasteiger charge is 2.40. The molecule has 1 atom stereocenters. The molecule has 1 saturated heterocycles. The summed E-state index contributed by atoms with van der Waals surface area (Å²) in [6.45, 7) is 0. The van der Waals surface area contributed by atoms with Gasteiger partial charge in [0, 0.05) is 11.2 Å². The van der Waals surface area contributed by atoms with Crippen LogP contribution in [0.15, 0.2) is 53.5 Å². The Balaban J connectivity index is 1.87. The first-order valence-electron chi connectivity index (χ1n) is 7.20. The minimum atomic E-state index is -1.28. The molecule has 2 aromatic carbocycles. The van der Waals surface area contributed by atoms with Crippen LogP contribution in [-0.4, -0.2) is 24.1 Å². The van der Waals surface area contributed by atoms with E-state index in [9.17, 15) is 18.8 Å². The van der Waals surface area contributed by atoms with E-state index >= 15 is 0 Å². The number of rotatable bonds is 3. The second-order valence-electron chi connectivity index (χ2n) is 5.18. The van der Waals surface area contributed by atoms with E-state index in [0.29, 0.717) is 10.7 Å². The van der Waals surface area contributed by atoms with E-state index in [4.69, 9.17) is 11.6 Å². The maximum atomic E-state index is 12.9. The molecule has 1 heterocycles. The third-order valence-electron chi connectivity index (χ3n) is 3.49. The van der Waals surface area contributed by atoms with Crippen molar-refractivity contribution in [3.63, 3.8) is 0 Å². The highest BCUT2D eigenvalue weighted by molar-refractivity contribution is 6.33. The number of benzene rings is 2. The molecular formula is C17H11ClFN3O3. The van der Waals surface area contributed by atoms with Crippen molar-refractivity contribution in [1.29, 1.82) is 0 Å². The zero-order valence-corrected chi connectivity index (χ0v) is 13.4. The average molecular weight is 360 g/mol. The van der Waals surface area contributed by atoms with Gasteiger partial charge in [0.15, 0.2) is 5.92 Å². The van der Waals surface area contributed by atoms with Gasteiger partial charge in [0.2, 0.25) is 5.91 Å². The lowest BCUT2D eigenvalue weighted by Crippen LogP contribution is -2.58. The molecule has 0 radical (unpaired) electrons. The minimum Gasteiger partial charge on any atom is -0.276 e. The number of hydrogen-bond donors (Lipinski definition) is 1. The van der Waals surface area contributed by atoms with Crippen molar-refractivity contribution in [2.45, 2.75) is 0 Å². The van der Waals surface area contributed by atoms with Crippen LogP contribution in [0.25, 0.3) is 0 Å². The SMILES string of the molecule is O=C1NC(=O)N(c2ccc(Cl)cc2)C(=O)[C@H]1C=Nc1ccc(F)cc1. The van der Waals surface area contributed by atoms with Gasteiger partial charge in [0.1, 0.15) is 5.82 Å². The number of carbonyl (C=O) groups is 3. The number of hydrogen-bond acceptors (Lipinski definition) is 4. The van der Waals surface area contributed by atoms with Gasteiger partial charge < -0.3 is 0 Å². The first-order valence-corrected chi connectivity index (χ1v) is 7.57. The highest BCUT2D eigenvalue weighted by atomic mass is 35.5. The van der Waals surface area contributed by atoms with Gasteiger partial charge in [-0.2, -0.15) is 0 Å². The molecule has 0 bridgehead atoms. The predicted molar refractivity (Wildman–Crippen MR) is 90.5 cm³/mol. The molecule has 1 aliphatic rings. The third-order valence-corrected chi connectivity index (χ3v) is 3.74. The molecule has 0 spiro atoms. The molecule has 0 saturated carbocycles. The van der Waals surface area contributed by atoms with Crippen molar-refractivity contribution in [1.82, 2.24) is 5.32 Å². The van der Waals surface area contributed by atoms with Crippen molar-refractivity contribution in [3.05, 3.63) is 59.4 Å². The summed E-state index contributed by atoms with van der Waals surface area (Å²) in [7, 11) is 0. The van der Waals surface area contributed by atoms with Crippen LogP contribution in [0.3, 0.4) is 0 Å². The van der Waals surface area contributed by atoms with Crippen LogP contribution in [-0.2, 0) is 9.59 Å².